The Kier molecular flexibility index (Phi) is 7.23. The van der Waals surface area contributed by atoms with Gasteiger partial charge in [0.25, 0.3) is 0 Å². The van der Waals surface area contributed by atoms with Gasteiger partial charge in [0.1, 0.15) is 0 Å². The van der Waals surface area contributed by atoms with Crippen LogP contribution in [0.25, 0.3) is 0 Å². The van der Waals surface area contributed by atoms with Crippen molar-refractivity contribution in [2.75, 3.05) is 6.61 Å². The summed E-state index contributed by atoms with van der Waals surface area (Å²) in [6, 6.07) is 8.89. The van der Waals surface area contributed by atoms with Crippen molar-refractivity contribution in [3.05, 3.63) is 35.9 Å². The zero-order chi connectivity index (χ0) is 15.9. The van der Waals surface area contributed by atoms with E-state index >= 15 is 0 Å². The van der Waals surface area contributed by atoms with E-state index < -0.39 is 18.0 Å². The van der Waals surface area contributed by atoms with Gasteiger partial charge in [0, 0.05) is 6.61 Å². The van der Waals surface area contributed by atoms with E-state index in [0.717, 1.165) is 12.0 Å². The maximum absolute atomic E-state index is 13.5. The molecule has 0 aliphatic rings. The number of halogens is 3. The van der Waals surface area contributed by atoms with E-state index in [1.165, 1.54) is 0 Å². The second-order valence-corrected chi connectivity index (χ2v) is 5.83. The molecule has 0 bridgehead atoms. The van der Waals surface area contributed by atoms with Gasteiger partial charge in [-0.25, -0.2) is 0 Å². The quantitative estimate of drug-likeness (QED) is 0.703. The van der Waals surface area contributed by atoms with Crippen molar-refractivity contribution in [1.82, 2.24) is 0 Å². The van der Waals surface area contributed by atoms with Crippen molar-refractivity contribution in [3.63, 3.8) is 0 Å². The molecule has 0 spiro atoms. The summed E-state index contributed by atoms with van der Waals surface area (Å²) in [5, 5.41) is 9.21. The Bertz CT molecular complexity index is 389. The van der Waals surface area contributed by atoms with E-state index in [1.807, 2.05) is 13.0 Å². The largest absolute Gasteiger partial charge is 0.396 e. The molecule has 0 heterocycles. The van der Waals surface area contributed by atoms with Crippen LogP contribution in [0.3, 0.4) is 0 Å². The number of hydrogen-bond acceptors (Lipinski definition) is 1. The Labute approximate surface area is 125 Å². The van der Waals surface area contributed by atoms with Gasteiger partial charge in [0.05, 0.1) is 5.92 Å². The molecule has 1 nitrogen and oxygen atoms in total. The minimum Gasteiger partial charge on any atom is -0.396 e. The molecule has 120 valence electrons. The number of benzene rings is 1. The molecular weight excluding hydrogens is 277 g/mol. The number of aliphatic hydroxyl groups is 1. The van der Waals surface area contributed by atoms with Gasteiger partial charge < -0.3 is 5.11 Å². The first-order chi connectivity index (χ1) is 9.90. The average Bonchev–Trinajstić information content (AvgIpc) is 2.45. The predicted molar refractivity (Wildman–Crippen MR) is 79.1 cm³/mol. The van der Waals surface area contributed by atoms with Gasteiger partial charge >= 0.3 is 6.18 Å². The van der Waals surface area contributed by atoms with Crippen molar-refractivity contribution in [1.29, 1.82) is 0 Å². The van der Waals surface area contributed by atoms with Crippen LogP contribution in [0.15, 0.2) is 30.3 Å². The zero-order valence-corrected chi connectivity index (χ0v) is 12.7. The Morgan fingerprint density at radius 1 is 1.14 bits per heavy atom. The fourth-order valence-corrected chi connectivity index (χ4v) is 2.76. The van der Waals surface area contributed by atoms with E-state index in [4.69, 9.17) is 0 Å². The Morgan fingerprint density at radius 3 is 2.24 bits per heavy atom. The summed E-state index contributed by atoms with van der Waals surface area (Å²) in [6.07, 6.45) is -2.37. The second-order valence-electron chi connectivity index (χ2n) is 5.83. The van der Waals surface area contributed by atoms with Gasteiger partial charge in [-0.15, -0.1) is 0 Å². The molecule has 3 atom stereocenters. The highest BCUT2D eigenvalue weighted by Crippen LogP contribution is 2.43. The summed E-state index contributed by atoms with van der Waals surface area (Å²) < 4.78 is 40.4. The van der Waals surface area contributed by atoms with Crippen molar-refractivity contribution in [2.45, 2.75) is 51.6 Å². The van der Waals surface area contributed by atoms with Crippen LogP contribution in [0.5, 0.6) is 0 Å². The lowest BCUT2D eigenvalue weighted by Crippen LogP contribution is -2.30. The highest BCUT2D eigenvalue weighted by molar-refractivity contribution is 5.21. The summed E-state index contributed by atoms with van der Waals surface area (Å²) in [6.45, 7) is 3.62. The highest BCUT2D eigenvalue weighted by atomic mass is 19.4. The van der Waals surface area contributed by atoms with Crippen molar-refractivity contribution < 1.29 is 18.3 Å². The third-order valence-electron chi connectivity index (χ3n) is 3.97. The first-order valence-electron chi connectivity index (χ1n) is 7.62. The van der Waals surface area contributed by atoms with Gasteiger partial charge in [0.2, 0.25) is 0 Å². The molecule has 1 aromatic carbocycles. The maximum atomic E-state index is 13.5. The minimum absolute atomic E-state index is 0.0817. The van der Waals surface area contributed by atoms with Crippen LogP contribution in [0.4, 0.5) is 13.2 Å². The molecule has 21 heavy (non-hydrogen) atoms. The van der Waals surface area contributed by atoms with Crippen molar-refractivity contribution in [2.24, 2.45) is 11.8 Å². The number of rotatable bonds is 8. The normalized spacial score (nSPS) is 16.5. The molecule has 0 fully saturated rings. The van der Waals surface area contributed by atoms with Crippen LogP contribution in [0.1, 0.15) is 51.0 Å². The fraction of sp³-hybridized carbons (Fsp3) is 0.647. The monoisotopic (exact) mass is 302 g/mol. The summed E-state index contributed by atoms with van der Waals surface area (Å²) >= 11 is 0. The van der Waals surface area contributed by atoms with E-state index in [1.54, 1.807) is 31.2 Å². The van der Waals surface area contributed by atoms with Crippen LogP contribution in [0.2, 0.25) is 0 Å². The Hall–Kier alpha value is -1.03. The lowest BCUT2D eigenvalue weighted by Gasteiger charge is -2.31. The van der Waals surface area contributed by atoms with Crippen LogP contribution < -0.4 is 0 Å². The summed E-state index contributed by atoms with van der Waals surface area (Å²) in [5.41, 5.74) is 0.719. The molecular formula is C17H25F3O. The van der Waals surface area contributed by atoms with Gasteiger partial charge in [-0.1, -0.05) is 57.0 Å². The van der Waals surface area contributed by atoms with Gasteiger partial charge in [0.15, 0.2) is 0 Å². The van der Waals surface area contributed by atoms with Crippen LogP contribution in [0, 0.1) is 11.8 Å². The van der Waals surface area contributed by atoms with Crippen LogP contribution >= 0.6 is 0 Å². The van der Waals surface area contributed by atoms with E-state index in [0.29, 0.717) is 12.8 Å². The Balaban J connectivity index is 3.06. The minimum atomic E-state index is -4.20. The lowest BCUT2D eigenvalue weighted by molar-refractivity contribution is -0.184. The van der Waals surface area contributed by atoms with Gasteiger partial charge in [-0.05, 0) is 30.2 Å². The average molecular weight is 302 g/mol. The lowest BCUT2D eigenvalue weighted by atomic mass is 9.77. The highest BCUT2D eigenvalue weighted by Gasteiger charge is 2.44. The molecule has 0 aliphatic heterocycles. The summed E-state index contributed by atoms with van der Waals surface area (Å²) in [4.78, 5) is 0. The third-order valence-corrected chi connectivity index (χ3v) is 3.97. The summed E-state index contributed by atoms with van der Waals surface area (Å²) in [5.74, 6) is -2.06. The first kappa shape index (κ1) is 18.0. The van der Waals surface area contributed by atoms with Crippen LogP contribution in [-0.2, 0) is 0 Å². The smallest absolute Gasteiger partial charge is 0.392 e. The molecule has 0 radical (unpaired) electrons. The molecule has 1 aromatic rings. The van der Waals surface area contributed by atoms with Gasteiger partial charge in [-0.2, -0.15) is 13.2 Å². The predicted octanol–water partition coefficient (Wildman–Crippen LogP) is 5.16. The number of hydrogen-bond donors (Lipinski definition) is 1. The third kappa shape index (κ3) is 5.70. The molecule has 0 aromatic heterocycles. The summed E-state index contributed by atoms with van der Waals surface area (Å²) in [7, 11) is 0. The van der Waals surface area contributed by atoms with E-state index in [2.05, 4.69) is 0 Å². The number of unbranched alkanes of at least 4 members (excludes halogenated alkanes) is 1. The second kappa shape index (κ2) is 8.42. The van der Waals surface area contributed by atoms with E-state index in [-0.39, 0.29) is 18.9 Å². The number of alkyl halides is 3. The SMILES string of the molecule is CCCCC(C(CC(C)CO)c1ccccc1)C(F)(F)F. The molecule has 0 saturated carbocycles. The molecule has 3 unspecified atom stereocenters. The van der Waals surface area contributed by atoms with Gasteiger partial charge in [-0.3, -0.25) is 0 Å². The van der Waals surface area contributed by atoms with Crippen LogP contribution in [-0.4, -0.2) is 17.9 Å². The molecule has 0 saturated heterocycles. The number of aliphatic hydroxyl groups excluding tert-OH is 1. The standard InChI is InChI=1S/C17H25F3O/c1-3-4-10-16(17(18,19)20)15(11-13(2)12-21)14-8-6-5-7-9-14/h5-9,13,15-16,21H,3-4,10-12H2,1-2H3. The van der Waals surface area contributed by atoms with E-state index in [9.17, 15) is 18.3 Å². The van der Waals surface area contributed by atoms with Crippen molar-refractivity contribution >= 4 is 0 Å². The molecule has 4 heteroatoms. The molecule has 0 aliphatic carbocycles. The zero-order valence-electron chi connectivity index (χ0n) is 12.7. The molecule has 1 rings (SSSR count). The first-order valence-corrected chi connectivity index (χ1v) is 7.62. The topological polar surface area (TPSA) is 20.2 Å². The van der Waals surface area contributed by atoms with Crippen molar-refractivity contribution in [3.8, 4) is 0 Å². The Morgan fingerprint density at radius 2 is 1.76 bits per heavy atom. The molecule has 0 amide bonds. The maximum Gasteiger partial charge on any atom is 0.392 e. The molecule has 1 N–H and O–H groups in total. The fourth-order valence-electron chi connectivity index (χ4n) is 2.76.